The molecule has 0 fully saturated rings. The molecular weight excluding hydrogens is 248 g/mol. The van der Waals surface area contributed by atoms with Crippen LogP contribution in [0.2, 0.25) is 5.15 Å². The molecule has 96 valence electrons. The fraction of sp³-hybridized carbons (Fsp3) is 0.462. The highest BCUT2D eigenvalue weighted by Crippen LogP contribution is 2.25. The van der Waals surface area contributed by atoms with Crippen LogP contribution in [-0.2, 0) is 13.0 Å². The molecular formula is C13H17ClN4. The summed E-state index contributed by atoms with van der Waals surface area (Å²) in [6, 6.07) is 0. The lowest BCUT2D eigenvalue weighted by atomic mass is 10.1. The number of halogens is 1. The minimum absolute atomic E-state index is 0.535. The van der Waals surface area contributed by atoms with E-state index in [2.05, 4.69) is 33.4 Å². The Morgan fingerprint density at radius 2 is 2.00 bits per heavy atom. The van der Waals surface area contributed by atoms with Gasteiger partial charge in [-0.25, -0.2) is 15.0 Å². The third-order valence-corrected chi connectivity index (χ3v) is 3.11. The molecule has 0 N–H and O–H groups in total. The summed E-state index contributed by atoms with van der Waals surface area (Å²) in [5.41, 5.74) is 1.85. The molecule has 0 unspecified atom stereocenters. The normalized spacial score (nSPS) is 10.8. The molecule has 4 nitrogen and oxygen atoms in total. The van der Waals surface area contributed by atoms with Crippen molar-refractivity contribution in [2.24, 2.45) is 0 Å². The van der Waals surface area contributed by atoms with Crippen LogP contribution in [-0.4, -0.2) is 19.5 Å². The van der Waals surface area contributed by atoms with Gasteiger partial charge in [-0.15, -0.1) is 0 Å². The van der Waals surface area contributed by atoms with Gasteiger partial charge in [0.05, 0.1) is 0 Å². The zero-order chi connectivity index (χ0) is 13.0. The average molecular weight is 265 g/mol. The summed E-state index contributed by atoms with van der Waals surface area (Å²) < 4.78 is 2.11. The van der Waals surface area contributed by atoms with Gasteiger partial charge in [-0.05, 0) is 12.8 Å². The lowest BCUT2D eigenvalue weighted by Crippen LogP contribution is -2.04. The standard InChI is InChI=1S/C13H17ClN4/c1-3-5-10-11(16-9-17-12(10)14)13-15-6-8-18(13)7-4-2/h6,8-9H,3-5,7H2,1-2H3. The molecule has 0 aliphatic heterocycles. The monoisotopic (exact) mass is 264 g/mol. The van der Waals surface area contributed by atoms with Gasteiger partial charge in [0.15, 0.2) is 5.82 Å². The van der Waals surface area contributed by atoms with E-state index < -0.39 is 0 Å². The topological polar surface area (TPSA) is 43.6 Å². The Morgan fingerprint density at radius 3 is 2.72 bits per heavy atom. The molecule has 0 saturated heterocycles. The van der Waals surface area contributed by atoms with Crippen molar-refractivity contribution in [1.29, 1.82) is 0 Å². The van der Waals surface area contributed by atoms with Crippen molar-refractivity contribution in [3.8, 4) is 11.5 Å². The molecule has 0 amide bonds. The molecule has 0 spiro atoms. The molecule has 0 aliphatic rings. The number of hydrogen-bond acceptors (Lipinski definition) is 3. The second-order valence-electron chi connectivity index (χ2n) is 4.19. The highest BCUT2D eigenvalue weighted by Gasteiger charge is 2.15. The van der Waals surface area contributed by atoms with Crippen LogP contribution >= 0.6 is 11.6 Å². The van der Waals surface area contributed by atoms with Gasteiger partial charge in [0.2, 0.25) is 0 Å². The maximum absolute atomic E-state index is 6.17. The van der Waals surface area contributed by atoms with Gasteiger partial charge in [-0.3, -0.25) is 0 Å². The zero-order valence-electron chi connectivity index (χ0n) is 10.7. The van der Waals surface area contributed by atoms with Gasteiger partial charge in [0, 0.05) is 24.5 Å². The van der Waals surface area contributed by atoms with E-state index in [4.69, 9.17) is 11.6 Å². The van der Waals surface area contributed by atoms with Crippen LogP contribution in [0.5, 0.6) is 0 Å². The Hall–Kier alpha value is -1.42. The molecule has 2 rings (SSSR count). The summed E-state index contributed by atoms with van der Waals surface area (Å²) in [5, 5.41) is 0.535. The molecule has 18 heavy (non-hydrogen) atoms. The van der Waals surface area contributed by atoms with Gasteiger partial charge in [0.25, 0.3) is 0 Å². The van der Waals surface area contributed by atoms with Gasteiger partial charge < -0.3 is 4.57 Å². The van der Waals surface area contributed by atoms with E-state index in [-0.39, 0.29) is 0 Å². The Morgan fingerprint density at radius 1 is 1.17 bits per heavy atom. The van der Waals surface area contributed by atoms with E-state index in [1.54, 1.807) is 6.20 Å². The lowest BCUT2D eigenvalue weighted by Gasteiger charge is -2.10. The summed E-state index contributed by atoms with van der Waals surface area (Å²) >= 11 is 6.17. The van der Waals surface area contributed by atoms with Crippen molar-refractivity contribution >= 4 is 11.6 Å². The van der Waals surface area contributed by atoms with Gasteiger partial charge >= 0.3 is 0 Å². The molecule has 2 aromatic heterocycles. The second-order valence-corrected chi connectivity index (χ2v) is 4.54. The third kappa shape index (κ3) is 2.53. The molecule has 0 atom stereocenters. The van der Waals surface area contributed by atoms with Crippen LogP contribution in [0.1, 0.15) is 32.3 Å². The van der Waals surface area contributed by atoms with Crippen LogP contribution in [0.25, 0.3) is 11.5 Å². The van der Waals surface area contributed by atoms with Crippen LogP contribution in [0.4, 0.5) is 0 Å². The van der Waals surface area contributed by atoms with E-state index in [9.17, 15) is 0 Å². The Bertz CT molecular complexity index is 521. The fourth-order valence-electron chi connectivity index (χ4n) is 2.00. The maximum Gasteiger partial charge on any atom is 0.159 e. The van der Waals surface area contributed by atoms with Crippen molar-refractivity contribution in [2.45, 2.75) is 39.7 Å². The smallest absolute Gasteiger partial charge is 0.159 e. The second kappa shape index (κ2) is 5.96. The molecule has 5 heteroatoms. The van der Waals surface area contributed by atoms with Crippen LogP contribution in [0.3, 0.4) is 0 Å². The number of rotatable bonds is 5. The molecule has 0 bridgehead atoms. The molecule has 0 aliphatic carbocycles. The van der Waals surface area contributed by atoms with Crippen molar-refractivity contribution in [3.63, 3.8) is 0 Å². The number of aromatic nitrogens is 4. The number of imidazole rings is 1. The Labute approximate surface area is 112 Å². The first kappa shape index (κ1) is 13.0. The lowest BCUT2D eigenvalue weighted by molar-refractivity contribution is 0.682. The summed E-state index contributed by atoms with van der Waals surface area (Å²) in [6.07, 6.45) is 8.22. The summed E-state index contributed by atoms with van der Waals surface area (Å²) in [6.45, 7) is 5.19. The number of hydrogen-bond donors (Lipinski definition) is 0. The molecule has 0 saturated carbocycles. The van der Waals surface area contributed by atoms with Gasteiger partial charge in [-0.2, -0.15) is 0 Å². The first-order valence-electron chi connectivity index (χ1n) is 6.28. The van der Waals surface area contributed by atoms with Gasteiger partial charge in [-0.1, -0.05) is 31.9 Å². The summed E-state index contributed by atoms with van der Waals surface area (Å²) in [7, 11) is 0. The minimum atomic E-state index is 0.535. The third-order valence-electron chi connectivity index (χ3n) is 2.78. The summed E-state index contributed by atoms with van der Waals surface area (Å²) in [4.78, 5) is 12.8. The van der Waals surface area contributed by atoms with Crippen LogP contribution in [0.15, 0.2) is 18.7 Å². The van der Waals surface area contributed by atoms with Crippen LogP contribution in [0, 0.1) is 0 Å². The van der Waals surface area contributed by atoms with Crippen molar-refractivity contribution in [2.75, 3.05) is 0 Å². The first-order chi connectivity index (χ1) is 8.77. The zero-order valence-corrected chi connectivity index (χ0v) is 11.5. The summed E-state index contributed by atoms with van der Waals surface area (Å²) in [5.74, 6) is 0.879. The maximum atomic E-state index is 6.17. The highest BCUT2D eigenvalue weighted by molar-refractivity contribution is 6.30. The molecule has 0 radical (unpaired) electrons. The van der Waals surface area contributed by atoms with E-state index in [0.29, 0.717) is 5.15 Å². The molecule has 0 aromatic carbocycles. The Kier molecular flexibility index (Phi) is 4.31. The van der Waals surface area contributed by atoms with Crippen molar-refractivity contribution < 1.29 is 0 Å². The van der Waals surface area contributed by atoms with E-state index in [1.807, 2.05) is 6.20 Å². The predicted octanol–water partition coefficient (Wildman–Crippen LogP) is 3.36. The number of aryl methyl sites for hydroxylation is 1. The minimum Gasteiger partial charge on any atom is -0.330 e. The van der Waals surface area contributed by atoms with Crippen LogP contribution < -0.4 is 0 Å². The molecule has 2 heterocycles. The number of nitrogens with zero attached hydrogens (tertiary/aromatic N) is 4. The first-order valence-corrected chi connectivity index (χ1v) is 6.66. The Balaban J connectivity index is 2.49. The SMILES string of the molecule is CCCc1c(Cl)ncnc1-c1nccn1CCC. The predicted molar refractivity (Wildman–Crippen MR) is 72.5 cm³/mol. The largest absolute Gasteiger partial charge is 0.330 e. The van der Waals surface area contributed by atoms with E-state index >= 15 is 0 Å². The fourth-order valence-corrected chi connectivity index (χ4v) is 2.23. The van der Waals surface area contributed by atoms with Gasteiger partial charge in [0.1, 0.15) is 17.2 Å². The van der Waals surface area contributed by atoms with Crippen molar-refractivity contribution in [3.05, 3.63) is 29.4 Å². The highest BCUT2D eigenvalue weighted by atomic mass is 35.5. The molecule has 2 aromatic rings. The van der Waals surface area contributed by atoms with E-state index in [0.717, 1.165) is 42.9 Å². The van der Waals surface area contributed by atoms with E-state index in [1.165, 1.54) is 6.33 Å². The quantitative estimate of drug-likeness (QED) is 0.778. The van der Waals surface area contributed by atoms with Crippen molar-refractivity contribution in [1.82, 2.24) is 19.5 Å². The average Bonchev–Trinajstić information content (AvgIpc) is 2.81.